The molecule has 532 valence electrons. The monoisotopic (exact) mass is 1430 g/mol. The number of halogens is 1. The number of fused-ring (bicyclic) bond motifs is 3. The number of hydrogen-bond acceptors (Lipinski definition) is 20. The maximum absolute atomic E-state index is 11.9. The van der Waals surface area contributed by atoms with Gasteiger partial charge in [0.1, 0.15) is 23.1 Å². The molecule has 3 aliphatic heterocycles. The average molecular weight is 1430 g/mol. The molecule has 13 aromatic rings. The summed E-state index contributed by atoms with van der Waals surface area (Å²) >= 11 is 6.24. The maximum Gasteiger partial charge on any atom is 0.498 e. The van der Waals surface area contributed by atoms with Gasteiger partial charge >= 0.3 is 13.2 Å². The SMILES string of the molecule is CC(C)(C)OC(=O)n1cc(B2OC(C)(C)C(C)(C)O2)cn1.Cc1ccc(S(=O)(=O)O)cc1.Nc1cc(-c2cn[nH]c2)c2ccc(-c3ccn[nH]3)cc2n1.Nc1cc(-c2cn[nH]c2)c2ccc(-c3ccnn3C3CCCCO3)cc2n1.Nc1cc(Cl)c2ccc(-c3ccnn3C3CCCCO3)cc2n1. The number of aromatic amines is 3. The number of carbonyl (C=O) groups is 1. The summed E-state index contributed by atoms with van der Waals surface area (Å²) in [6.07, 6.45) is 21.8. The van der Waals surface area contributed by atoms with Gasteiger partial charge in [-0.3, -0.25) is 19.8 Å². The molecule has 0 spiro atoms. The van der Waals surface area contributed by atoms with E-state index >= 15 is 0 Å². The molecule has 2 atom stereocenters. The Morgan fingerprint density at radius 3 is 1.57 bits per heavy atom. The van der Waals surface area contributed by atoms with E-state index in [9.17, 15) is 13.2 Å². The van der Waals surface area contributed by atoms with Crippen LogP contribution in [0.1, 0.15) is 105 Å². The van der Waals surface area contributed by atoms with Crippen molar-refractivity contribution in [3.8, 4) is 56.0 Å². The molecule has 30 heteroatoms. The molecule has 0 aliphatic carbocycles. The van der Waals surface area contributed by atoms with E-state index in [-0.39, 0.29) is 17.4 Å². The largest absolute Gasteiger partial charge is 0.498 e. The zero-order valence-corrected chi connectivity index (χ0v) is 59.7. The third-order valence-electron chi connectivity index (χ3n) is 17.7. The van der Waals surface area contributed by atoms with Crippen molar-refractivity contribution in [1.82, 2.24) is 74.9 Å². The predicted octanol–water partition coefficient (Wildman–Crippen LogP) is 13.6. The predicted molar refractivity (Wildman–Crippen MR) is 397 cm³/mol. The maximum atomic E-state index is 11.9. The van der Waals surface area contributed by atoms with Gasteiger partial charge in [0.2, 0.25) is 0 Å². The summed E-state index contributed by atoms with van der Waals surface area (Å²) in [4.78, 5) is 25.2. The number of aryl methyl sites for hydroxylation is 1. The quantitative estimate of drug-likeness (QED) is 0.0521. The lowest BCUT2D eigenvalue weighted by molar-refractivity contribution is -0.0384. The molecule has 10 N–H and O–H groups in total. The number of H-pyrrole nitrogens is 3. The van der Waals surface area contributed by atoms with E-state index in [1.54, 1.807) is 55.4 Å². The highest BCUT2D eigenvalue weighted by molar-refractivity contribution is 7.85. The Kier molecular flexibility index (Phi) is 21.4. The zero-order chi connectivity index (χ0) is 72.8. The fourth-order valence-electron chi connectivity index (χ4n) is 11.8. The van der Waals surface area contributed by atoms with Gasteiger partial charge in [-0.05, 0) is 172 Å². The number of hydrogen-bond donors (Lipinski definition) is 7. The second-order valence-electron chi connectivity index (χ2n) is 26.9. The molecular formula is C73H80BClN18O9S. The Hall–Kier alpha value is -10.7. The van der Waals surface area contributed by atoms with Crippen molar-refractivity contribution in [1.29, 1.82) is 0 Å². The average Bonchev–Trinajstić information content (AvgIpc) is 1.68. The Labute approximate surface area is 599 Å². The summed E-state index contributed by atoms with van der Waals surface area (Å²) in [5.41, 5.74) is 30.6. The number of nitrogens with two attached hydrogens (primary N) is 3. The molecule has 9 aromatic heterocycles. The van der Waals surface area contributed by atoms with E-state index in [2.05, 4.69) is 79.0 Å². The third-order valence-corrected chi connectivity index (χ3v) is 18.9. The first-order valence-electron chi connectivity index (χ1n) is 33.5. The van der Waals surface area contributed by atoms with Crippen LogP contribution in [0.2, 0.25) is 5.02 Å². The number of aromatic nitrogens is 15. The number of carbonyl (C=O) groups excluding carboxylic acids is 1. The standard InChI is InChI=1S/C20H20N6O.C17H17ClN4O.C15H12N6.C14H23BN2O4.C7H8O3S/c21-19-10-16(14-11-22-23-12-14)15-5-4-13(9-17(15)25-19)18-6-7-24-26(18)20-3-1-2-8-27-20;18-13-10-16(19)21-14-9-11(4-5-12(13)14)15-6-7-20-22(15)17-3-1-2-8-23-17;16-15-6-12(10-7-18-19-8-10)11-2-1-9(5-14(11)20-15)13-3-4-17-21-13;1-12(2,3)19-11(18)17-9-10(8-16-17)15-20-13(4,5)14(6,7)21-15;1-6-2-4-7(5-3-6)11(8,9)10/h4-7,9-12,20H,1-3,8H2,(H2,21,25)(H,22,23);4-7,9-10,17H,1-3,8H2,(H2,19,21);1-8H,(H2,16,20)(H,17,21)(H,18,19);8-9H,1-7H3;2-5H,1H3,(H,8,9,10). The number of nitrogens with zero attached hydrogens (tertiary/aromatic N) is 12. The van der Waals surface area contributed by atoms with Crippen LogP contribution in [0.3, 0.4) is 0 Å². The molecule has 0 bridgehead atoms. The minimum atomic E-state index is -4.02. The molecule has 12 heterocycles. The van der Waals surface area contributed by atoms with Crippen molar-refractivity contribution in [2.24, 2.45) is 0 Å². The fourth-order valence-corrected chi connectivity index (χ4v) is 12.6. The van der Waals surface area contributed by atoms with Crippen molar-refractivity contribution in [2.45, 2.75) is 128 Å². The lowest BCUT2D eigenvalue weighted by Crippen LogP contribution is -2.41. The Morgan fingerprint density at radius 2 is 1.11 bits per heavy atom. The highest BCUT2D eigenvalue weighted by Crippen LogP contribution is 2.39. The van der Waals surface area contributed by atoms with Gasteiger partial charge in [-0.2, -0.15) is 43.7 Å². The number of nitrogen functional groups attached to an aromatic ring is 3. The van der Waals surface area contributed by atoms with Gasteiger partial charge in [-0.1, -0.05) is 65.7 Å². The highest BCUT2D eigenvalue weighted by Gasteiger charge is 2.52. The van der Waals surface area contributed by atoms with Gasteiger partial charge in [-0.15, -0.1) is 0 Å². The summed E-state index contributed by atoms with van der Waals surface area (Å²) < 4.78 is 63.5. The molecular weight excluding hydrogens is 1350 g/mol. The van der Waals surface area contributed by atoms with Gasteiger partial charge in [0.05, 0.1) is 67.1 Å². The first-order chi connectivity index (χ1) is 49.2. The van der Waals surface area contributed by atoms with E-state index in [1.807, 2.05) is 150 Å². The summed E-state index contributed by atoms with van der Waals surface area (Å²) in [6, 6.07) is 35.7. The van der Waals surface area contributed by atoms with Crippen LogP contribution in [-0.2, 0) is 33.6 Å². The van der Waals surface area contributed by atoms with Gasteiger partial charge in [0.25, 0.3) is 10.1 Å². The Morgan fingerprint density at radius 1 is 0.612 bits per heavy atom. The summed E-state index contributed by atoms with van der Waals surface area (Å²) in [6.45, 7) is 16.8. The number of anilines is 3. The first-order valence-corrected chi connectivity index (χ1v) is 35.3. The normalized spacial score (nSPS) is 16.3. The molecule has 3 fully saturated rings. The minimum absolute atomic E-state index is 0.00170. The van der Waals surface area contributed by atoms with Crippen LogP contribution in [0, 0.1) is 6.92 Å². The van der Waals surface area contributed by atoms with Crippen LogP contribution in [0.5, 0.6) is 0 Å². The number of ether oxygens (including phenoxy) is 3. The smallest absolute Gasteiger partial charge is 0.442 e. The lowest BCUT2D eigenvalue weighted by Gasteiger charge is -2.32. The Balaban J connectivity index is 0.000000124. The van der Waals surface area contributed by atoms with Crippen molar-refractivity contribution < 1.29 is 41.3 Å². The molecule has 103 heavy (non-hydrogen) atoms. The van der Waals surface area contributed by atoms with Gasteiger partial charge < -0.3 is 40.7 Å². The van der Waals surface area contributed by atoms with E-state index in [4.69, 9.17) is 56.9 Å². The topological polar surface area (TPSA) is 374 Å². The number of benzene rings is 4. The van der Waals surface area contributed by atoms with Gasteiger partial charge in [-0.25, -0.2) is 29.1 Å². The first kappa shape index (κ1) is 72.1. The molecule has 3 aliphatic rings. The van der Waals surface area contributed by atoms with E-state index < -0.39 is 40.1 Å². The van der Waals surface area contributed by atoms with Crippen LogP contribution in [-0.4, -0.2) is 131 Å². The highest BCUT2D eigenvalue weighted by atomic mass is 35.5. The van der Waals surface area contributed by atoms with E-state index in [1.165, 1.54) is 12.1 Å². The molecule has 0 saturated carbocycles. The second kappa shape index (κ2) is 30.5. The summed E-state index contributed by atoms with van der Waals surface area (Å²) in [5.74, 6) is 1.39. The van der Waals surface area contributed by atoms with Gasteiger partial charge in [0.15, 0.2) is 12.5 Å². The van der Waals surface area contributed by atoms with Crippen LogP contribution in [0.25, 0.3) is 88.7 Å². The molecule has 16 rings (SSSR count). The van der Waals surface area contributed by atoms with Crippen LogP contribution in [0.4, 0.5) is 22.2 Å². The van der Waals surface area contributed by atoms with Crippen LogP contribution < -0.4 is 22.7 Å². The van der Waals surface area contributed by atoms with Gasteiger partial charge in [0, 0.05) is 106 Å². The van der Waals surface area contributed by atoms with E-state index in [0.717, 1.165) is 151 Å². The van der Waals surface area contributed by atoms with Crippen molar-refractivity contribution in [3.63, 3.8) is 0 Å². The second-order valence-corrected chi connectivity index (χ2v) is 28.7. The van der Waals surface area contributed by atoms with E-state index in [0.29, 0.717) is 27.9 Å². The van der Waals surface area contributed by atoms with Crippen molar-refractivity contribution in [3.05, 3.63) is 182 Å². The lowest BCUT2D eigenvalue weighted by atomic mass is 9.82. The number of rotatable bonds is 9. The summed E-state index contributed by atoms with van der Waals surface area (Å²) in [7, 11) is -4.56. The zero-order valence-electron chi connectivity index (χ0n) is 58.2. The third kappa shape index (κ3) is 17.1. The molecule has 4 aromatic carbocycles. The minimum Gasteiger partial charge on any atom is -0.442 e. The van der Waals surface area contributed by atoms with Crippen molar-refractivity contribution >= 4 is 90.6 Å². The summed E-state index contributed by atoms with van der Waals surface area (Å²) in [5, 5.41) is 37.2. The fraction of sp³-hybridized carbons (Fsp3) is 0.288. The van der Waals surface area contributed by atoms with Crippen LogP contribution >= 0.6 is 11.6 Å². The van der Waals surface area contributed by atoms with Crippen LogP contribution in [0.15, 0.2) is 176 Å². The van der Waals surface area contributed by atoms with Crippen molar-refractivity contribution in [2.75, 3.05) is 30.4 Å². The Bertz CT molecular complexity index is 5170. The molecule has 3 saturated heterocycles. The number of nitrogens with one attached hydrogen (secondary N) is 3. The molecule has 0 radical (unpaired) electrons. The molecule has 27 nitrogen and oxygen atoms in total. The molecule has 0 amide bonds. The number of pyridine rings is 3. The molecule has 2 unspecified atom stereocenters.